The molecule has 1 aromatic heterocycles. The van der Waals surface area contributed by atoms with Crippen molar-refractivity contribution in [2.75, 3.05) is 32.4 Å². The van der Waals surface area contributed by atoms with Gasteiger partial charge in [-0.3, -0.25) is 9.69 Å². The van der Waals surface area contributed by atoms with Gasteiger partial charge in [0.2, 0.25) is 0 Å². The van der Waals surface area contributed by atoms with Crippen LogP contribution < -0.4 is 0 Å². The first-order chi connectivity index (χ1) is 9.28. The van der Waals surface area contributed by atoms with Crippen LogP contribution in [0, 0.1) is 0 Å². The normalized spacial score (nSPS) is 23.4. The highest BCUT2D eigenvalue weighted by molar-refractivity contribution is 7.98. The number of carbonyl (C=O) groups is 1. The first-order valence-corrected chi connectivity index (χ1v) is 7.90. The number of thioether (sulfide) groups is 1. The van der Waals surface area contributed by atoms with Crippen molar-refractivity contribution in [2.24, 2.45) is 0 Å². The van der Waals surface area contributed by atoms with E-state index in [1.54, 1.807) is 12.4 Å². The second-order valence-corrected chi connectivity index (χ2v) is 5.82. The lowest BCUT2D eigenvalue weighted by molar-refractivity contribution is 0.0570. The molecule has 0 N–H and O–H groups in total. The molecule has 102 valence electrons. The van der Waals surface area contributed by atoms with Gasteiger partial charge >= 0.3 is 0 Å². The Balaban J connectivity index is 1.69. The third-order valence-electron chi connectivity index (χ3n) is 3.93. The summed E-state index contributed by atoms with van der Waals surface area (Å²) in [6, 6.07) is 0.559. The third kappa shape index (κ3) is 2.60. The number of carbonyl (C=O) groups excluding carboxylic acids is 1. The van der Waals surface area contributed by atoms with E-state index in [0.717, 1.165) is 19.6 Å². The number of amides is 1. The van der Waals surface area contributed by atoms with Crippen molar-refractivity contribution in [3.8, 4) is 0 Å². The summed E-state index contributed by atoms with van der Waals surface area (Å²) < 4.78 is 0. The topological polar surface area (TPSA) is 49.3 Å². The molecule has 2 fully saturated rings. The maximum Gasteiger partial charge on any atom is 0.257 e. The van der Waals surface area contributed by atoms with Crippen molar-refractivity contribution in [1.82, 2.24) is 19.8 Å². The average molecular weight is 278 g/mol. The molecule has 3 heterocycles. The Hall–Kier alpha value is -1.14. The molecule has 1 aromatic rings. The number of hydrogen-bond acceptors (Lipinski definition) is 5. The Bertz CT molecular complexity index is 464. The van der Waals surface area contributed by atoms with Crippen LogP contribution in [-0.4, -0.2) is 64.2 Å². The Labute approximate surface area is 117 Å². The zero-order valence-electron chi connectivity index (χ0n) is 11.1. The van der Waals surface area contributed by atoms with Crippen molar-refractivity contribution in [1.29, 1.82) is 0 Å². The molecule has 5 nitrogen and oxygen atoms in total. The molecular formula is C13H18N4OS. The molecule has 0 aromatic carbocycles. The fourth-order valence-electron chi connectivity index (χ4n) is 2.89. The zero-order valence-corrected chi connectivity index (χ0v) is 11.9. The summed E-state index contributed by atoms with van der Waals surface area (Å²) in [4.78, 5) is 25.2. The van der Waals surface area contributed by atoms with E-state index >= 15 is 0 Å². The average Bonchev–Trinajstić information content (AvgIpc) is 2.94. The van der Waals surface area contributed by atoms with Crippen LogP contribution in [0.4, 0.5) is 0 Å². The first-order valence-electron chi connectivity index (χ1n) is 6.67. The monoisotopic (exact) mass is 278 g/mol. The highest BCUT2D eigenvalue weighted by Gasteiger charge is 2.32. The summed E-state index contributed by atoms with van der Waals surface area (Å²) in [5.41, 5.74) is 0.601. The van der Waals surface area contributed by atoms with Crippen LogP contribution in [0.3, 0.4) is 0 Å². The van der Waals surface area contributed by atoms with E-state index in [9.17, 15) is 4.79 Å². The summed E-state index contributed by atoms with van der Waals surface area (Å²) in [5, 5.41) is 0.706. The summed E-state index contributed by atoms with van der Waals surface area (Å²) in [7, 11) is 0. The number of rotatable bonds is 2. The Morgan fingerprint density at radius 3 is 2.84 bits per heavy atom. The Morgan fingerprint density at radius 2 is 2.11 bits per heavy atom. The molecule has 6 heteroatoms. The molecule has 2 saturated heterocycles. The van der Waals surface area contributed by atoms with Crippen LogP contribution in [0.2, 0.25) is 0 Å². The van der Waals surface area contributed by atoms with E-state index in [-0.39, 0.29) is 5.91 Å². The van der Waals surface area contributed by atoms with Gasteiger partial charge in [0.1, 0.15) is 0 Å². The van der Waals surface area contributed by atoms with Crippen molar-refractivity contribution in [2.45, 2.75) is 24.0 Å². The number of nitrogens with zero attached hydrogens (tertiary/aromatic N) is 4. The Kier molecular flexibility index (Phi) is 3.70. The second-order valence-electron chi connectivity index (χ2n) is 5.04. The van der Waals surface area contributed by atoms with E-state index in [1.807, 2.05) is 11.2 Å². The fraction of sp³-hybridized carbons (Fsp3) is 0.615. The fourth-order valence-corrected chi connectivity index (χ4v) is 3.21. The van der Waals surface area contributed by atoms with Gasteiger partial charge in [-0.1, -0.05) is 11.8 Å². The smallest absolute Gasteiger partial charge is 0.257 e. The third-order valence-corrected chi connectivity index (χ3v) is 4.51. The number of hydrogen-bond donors (Lipinski definition) is 0. The molecule has 0 bridgehead atoms. The zero-order chi connectivity index (χ0) is 13.2. The number of piperazine rings is 1. The van der Waals surface area contributed by atoms with Crippen LogP contribution in [0.25, 0.3) is 0 Å². The lowest BCUT2D eigenvalue weighted by atomic mass is 10.1. The molecule has 3 rings (SSSR count). The maximum absolute atomic E-state index is 12.4. The Morgan fingerprint density at radius 1 is 1.32 bits per heavy atom. The van der Waals surface area contributed by atoms with Gasteiger partial charge in [-0.2, -0.15) is 0 Å². The summed E-state index contributed by atoms with van der Waals surface area (Å²) in [5.74, 6) is 0.0687. The van der Waals surface area contributed by atoms with Gasteiger partial charge in [-0.05, 0) is 25.6 Å². The summed E-state index contributed by atoms with van der Waals surface area (Å²) >= 11 is 1.48. The van der Waals surface area contributed by atoms with Crippen molar-refractivity contribution in [3.63, 3.8) is 0 Å². The molecular weight excluding hydrogens is 260 g/mol. The van der Waals surface area contributed by atoms with Crippen LogP contribution in [0.5, 0.6) is 0 Å². The van der Waals surface area contributed by atoms with Gasteiger partial charge < -0.3 is 4.90 Å². The van der Waals surface area contributed by atoms with Gasteiger partial charge in [0.25, 0.3) is 5.91 Å². The van der Waals surface area contributed by atoms with Crippen LogP contribution in [-0.2, 0) is 0 Å². The molecule has 0 unspecified atom stereocenters. The van der Waals surface area contributed by atoms with Gasteiger partial charge in [-0.15, -0.1) is 0 Å². The molecule has 1 atom stereocenters. The lowest BCUT2D eigenvalue weighted by Gasteiger charge is -2.37. The highest BCUT2D eigenvalue weighted by atomic mass is 32.2. The molecule has 0 spiro atoms. The van der Waals surface area contributed by atoms with Crippen molar-refractivity contribution >= 4 is 17.7 Å². The molecule has 19 heavy (non-hydrogen) atoms. The standard InChI is InChI=1S/C13H18N4OS/c1-19-13-14-7-10(8-15-13)12(18)17-6-5-16-4-2-3-11(16)9-17/h7-8,11H,2-6,9H2,1H3/t11-/m1/s1. The SMILES string of the molecule is CSc1ncc(C(=O)N2CCN3CCC[C@@H]3C2)cn1. The van der Waals surface area contributed by atoms with Gasteiger partial charge in [0.15, 0.2) is 5.16 Å². The minimum atomic E-state index is 0.0687. The van der Waals surface area contributed by atoms with E-state index < -0.39 is 0 Å². The lowest BCUT2D eigenvalue weighted by Crippen LogP contribution is -2.52. The maximum atomic E-state index is 12.4. The molecule has 2 aliphatic heterocycles. The quantitative estimate of drug-likeness (QED) is 0.599. The second kappa shape index (κ2) is 5.46. The number of aromatic nitrogens is 2. The molecule has 1 amide bonds. The number of fused-ring (bicyclic) bond motifs is 1. The largest absolute Gasteiger partial charge is 0.336 e. The molecule has 2 aliphatic rings. The first kappa shape index (κ1) is 12.9. The van der Waals surface area contributed by atoms with E-state index in [1.165, 1.54) is 31.1 Å². The van der Waals surface area contributed by atoms with Crippen LogP contribution >= 0.6 is 11.8 Å². The highest BCUT2D eigenvalue weighted by Crippen LogP contribution is 2.22. The van der Waals surface area contributed by atoms with Gasteiger partial charge in [0.05, 0.1) is 5.56 Å². The van der Waals surface area contributed by atoms with E-state index in [0.29, 0.717) is 16.8 Å². The van der Waals surface area contributed by atoms with Crippen LogP contribution in [0.15, 0.2) is 17.6 Å². The minimum absolute atomic E-state index is 0.0687. The van der Waals surface area contributed by atoms with Crippen molar-refractivity contribution < 1.29 is 4.79 Å². The van der Waals surface area contributed by atoms with Gasteiger partial charge in [0, 0.05) is 38.1 Å². The minimum Gasteiger partial charge on any atom is -0.336 e. The predicted molar refractivity (Wildman–Crippen MR) is 74.3 cm³/mol. The molecule has 0 radical (unpaired) electrons. The molecule has 0 aliphatic carbocycles. The van der Waals surface area contributed by atoms with Crippen LogP contribution in [0.1, 0.15) is 23.2 Å². The van der Waals surface area contributed by atoms with E-state index in [2.05, 4.69) is 14.9 Å². The van der Waals surface area contributed by atoms with Crippen molar-refractivity contribution in [3.05, 3.63) is 18.0 Å². The summed E-state index contributed by atoms with van der Waals surface area (Å²) in [6.45, 7) is 3.86. The van der Waals surface area contributed by atoms with E-state index in [4.69, 9.17) is 0 Å². The molecule has 0 saturated carbocycles. The predicted octanol–water partition coefficient (Wildman–Crippen LogP) is 1.12. The summed E-state index contributed by atoms with van der Waals surface area (Å²) in [6.07, 6.45) is 7.68. The van der Waals surface area contributed by atoms with Gasteiger partial charge in [-0.25, -0.2) is 9.97 Å².